The molecule has 0 amide bonds. The number of hydrogen-bond acceptors (Lipinski definition) is 7. The van der Waals surface area contributed by atoms with Crippen LogP contribution in [0.25, 0.3) is 0 Å². The van der Waals surface area contributed by atoms with Crippen molar-refractivity contribution in [1.29, 1.82) is 0 Å². The lowest BCUT2D eigenvalue weighted by Crippen LogP contribution is -2.52. The number of aromatic nitrogens is 3. The van der Waals surface area contributed by atoms with Crippen LogP contribution in [0, 0.1) is 11.8 Å². The van der Waals surface area contributed by atoms with E-state index < -0.39 is 10.2 Å². The van der Waals surface area contributed by atoms with Crippen LogP contribution < -0.4 is 10.0 Å². The maximum Gasteiger partial charge on any atom is 0.279 e. The zero-order chi connectivity index (χ0) is 21.4. The van der Waals surface area contributed by atoms with Gasteiger partial charge in [0.15, 0.2) is 11.5 Å². The molecule has 3 unspecified atom stereocenters. The summed E-state index contributed by atoms with van der Waals surface area (Å²) in [5.74, 6) is 2.72. The van der Waals surface area contributed by atoms with Gasteiger partial charge in [0.1, 0.15) is 5.82 Å². The van der Waals surface area contributed by atoms with Crippen LogP contribution in [-0.2, 0) is 10.2 Å². The van der Waals surface area contributed by atoms with Crippen molar-refractivity contribution < 1.29 is 8.42 Å². The molecule has 2 aliphatic carbocycles. The minimum absolute atomic E-state index is 0.0736. The Morgan fingerprint density at radius 1 is 1.23 bits per heavy atom. The summed E-state index contributed by atoms with van der Waals surface area (Å²) in [7, 11) is -1.45. The lowest BCUT2D eigenvalue weighted by molar-refractivity contribution is 0.220. The van der Waals surface area contributed by atoms with Gasteiger partial charge >= 0.3 is 0 Å². The lowest BCUT2D eigenvalue weighted by Gasteiger charge is -2.32. The van der Waals surface area contributed by atoms with Crippen LogP contribution >= 0.6 is 0 Å². The summed E-state index contributed by atoms with van der Waals surface area (Å²) >= 11 is 0. The van der Waals surface area contributed by atoms with Crippen molar-refractivity contribution in [3.05, 3.63) is 23.9 Å². The average molecular weight is 447 g/mol. The third-order valence-electron chi connectivity index (χ3n) is 7.90. The van der Waals surface area contributed by atoms with E-state index in [9.17, 15) is 8.42 Å². The number of rotatable bonds is 5. The normalized spacial score (nSPS) is 39.2. The van der Waals surface area contributed by atoms with Crippen LogP contribution in [-0.4, -0.2) is 83.5 Å². The Hall–Kier alpha value is -1.82. The largest absolute Gasteiger partial charge is 0.365 e. The minimum atomic E-state index is -3.47. The Balaban J connectivity index is 1.22. The highest BCUT2D eigenvalue weighted by molar-refractivity contribution is 7.87. The topological polar surface area (TPSA) is 108 Å². The molecule has 0 radical (unpaired) electrons. The molecule has 0 aromatic carbocycles. The van der Waals surface area contributed by atoms with E-state index in [0.29, 0.717) is 24.9 Å². The molecule has 1 aromatic heterocycles. The SMILES string of the molecule is CC[C@@H]1C[C@H](NS(=O)(=O)N2CCN(C)CC2)C[C@@H]1c1nnc2n1C1C3C=CNC31N=C2. The van der Waals surface area contributed by atoms with Gasteiger partial charge in [-0.25, -0.2) is 0 Å². The zero-order valence-corrected chi connectivity index (χ0v) is 18.8. The van der Waals surface area contributed by atoms with Crippen molar-refractivity contribution >= 4 is 16.4 Å². The summed E-state index contributed by atoms with van der Waals surface area (Å²) in [6.07, 6.45) is 8.58. The standard InChI is InChI=1S/C20H30N8O2S/c1-3-13-10-14(25-31(29,30)27-8-6-26(2)7-9-27)11-15(13)19-24-23-17-12-22-20-16(4-5-21-20)18(20)28(17)19/h4-5,12-16,18,21,25H,3,6-11H2,1-2H3/t13-,14+,15+,16?,18?,20?/m1/s1. The second kappa shape index (κ2) is 6.84. The van der Waals surface area contributed by atoms with Gasteiger partial charge in [0.2, 0.25) is 0 Å². The van der Waals surface area contributed by atoms with Gasteiger partial charge in [-0.1, -0.05) is 19.4 Å². The zero-order valence-electron chi connectivity index (χ0n) is 18.0. The molecule has 6 rings (SSSR count). The number of aliphatic imine (C=N–C) groups is 1. The first-order valence-electron chi connectivity index (χ1n) is 11.3. The van der Waals surface area contributed by atoms with Crippen molar-refractivity contribution in [3.63, 3.8) is 0 Å². The van der Waals surface area contributed by atoms with Gasteiger partial charge in [0.25, 0.3) is 10.2 Å². The summed E-state index contributed by atoms with van der Waals surface area (Å²) in [5.41, 5.74) is -0.257. The summed E-state index contributed by atoms with van der Waals surface area (Å²) < 4.78 is 32.8. The van der Waals surface area contributed by atoms with E-state index in [0.717, 1.165) is 44.0 Å². The van der Waals surface area contributed by atoms with E-state index in [-0.39, 0.29) is 23.7 Å². The number of fused-ring (bicyclic) bond motifs is 3. The number of hydrogen-bond donors (Lipinski definition) is 2. The number of nitrogens with zero attached hydrogens (tertiary/aromatic N) is 6. The highest BCUT2D eigenvalue weighted by Gasteiger charge is 2.69. The first-order chi connectivity index (χ1) is 14.9. The van der Waals surface area contributed by atoms with Crippen LogP contribution in [0.15, 0.2) is 17.3 Å². The fourth-order valence-electron chi connectivity index (χ4n) is 6.07. The Labute approximate surface area is 183 Å². The average Bonchev–Trinajstić information content (AvgIpc) is 3.17. The fraction of sp³-hybridized carbons (Fsp3) is 0.750. The molecule has 4 heterocycles. The molecule has 2 saturated carbocycles. The van der Waals surface area contributed by atoms with Crippen LogP contribution in [0.4, 0.5) is 0 Å². The Morgan fingerprint density at radius 2 is 2.03 bits per heavy atom. The molecule has 1 spiro atoms. The highest BCUT2D eigenvalue weighted by atomic mass is 32.2. The molecule has 0 bridgehead atoms. The molecule has 3 fully saturated rings. The predicted molar refractivity (Wildman–Crippen MR) is 116 cm³/mol. The van der Waals surface area contributed by atoms with Gasteiger partial charge in [0.05, 0.1) is 12.3 Å². The first-order valence-corrected chi connectivity index (χ1v) is 12.8. The molecule has 2 N–H and O–H groups in total. The molecule has 10 nitrogen and oxygen atoms in total. The molecular weight excluding hydrogens is 416 g/mol. The minimum Gasteiger partial charge on any atom is -0.365 e. The maximum absolute atomic E-state index is 13.0. The molecule has 3 aliphatic heterocycles. The van der Waals surface area contributed by atoms with E-state index in [1.807, 2.05) is 19.5 Å². The van der Waals surface area contributed by atoms with Gasteiger partial charge in [0, 0.05) is 44.1 Å². The third-order valence-corrected chi connectivity index (χ3v) is 9.57. The molecular formula is C20H30N8O2S. The molecule has 31 heavy (non-hydrogen) atoms. The van der Waals surface area contributed by atoms with Gasteiger partial charge in [-0.05, 0) is 32.0 Å². The Kier molecular flexibility index (Phi) is 4.37. The third kappa shape index (κ3) is 2.93. The maximum atomic E-state index is 13.0. The van der Waals surface area contributed by atoms with Crippen LogP contribution in [0.2, 0.25) is 0 Å². The van der Waals surface area contributed by atoms with Gasteiger partial charge < -0.3 is 14.8 Å². The first kappa shape index (κ1) is 19.8. The highest BCUT2D eigenvalue weighted by Crippen LogP contribution is 2.61. The summed E-state index contributed by atoms with van der Waals surface area (Å²) in [4.78, 5) is 6.88. The lowest BCUT2D eigenvalue weighted by atomic mass is 9.93. The summed E-state index contributed by atoms with van der Waals surface area (Å²) in [6, 6.07) is 0.150. The van der Waals surface area contributed by atoms with Gasteiger partial charge in [-0.2, -0.15) is 17.4 Å². The second-order valence-electron chi connectivity index (χ2n) is 9.61. The van der Waals surface area contributed by atoms with E-state index in [1.165, 1.54) is 0 Å². The number of piperazine rings is 1. The molecule has 1 saturated heterocycles. The van der Waals surface area contributed by atoms with E-state index in [4.69, 9.17) is 4.99 Å². The quantitative estimate of drug-likeness (QED) is 0.662. The second-order valence-corrected chi connectivity index (χ2v) is 11.3. The number of nitrogens with one attached hydrogen (secondary N) is 2. The van der Waals surface area contributed by atoms with Crippen LogP contribution in [0.1, 0.15) is 49.8 Å². The molecule has 1 aromatic rings. The molecule has 168 valence electrons. The summed E-state index contributed by atoms with van der Waals surface area (Å²) in [6.45, 7) is 4.81. The smallest absolute Gasteiger partial charge is 0.279 e. The van der Waals surface area contributed by atoms with Crippen molar-refractivity contribution in [3.8, 4) is 0 Å². The van der Waals surface area contributed by atoms with E-state index >= 15 is 0 Å². The Bertz CT molecular complexity index is 1040. The molecule has 6 atom stereocenters. The van der Waals surface area contributed by atoms with E-state index in [1.54, 1.807) is 4.31 Å². The molecule has 5 aliphatic rings. The Morgan fingerprint density at radius 3 is 2.81 bits per heavy atom. The van der Waals surface area contributed by atoms with Gasteiger partial charge in [-0.3, -0.25) is 4.99 Å². The summed E-state index contributed by atoms with van der Waals surface area (Å²) in [5, 5.41) is 12.4. The van der Waals surface area contributed by atoms with Gasteiger partial charge in [-0.15, -0.1) is 10.2 Å². The van der Waals surface area contributed by atoms with Crippen molar-refractivity contribution in [2.45, 2.75) is 49.9 Å². The van der Waals surface area contributed by atoms with Crippen molar-refractivity contribution in [2.75, 3.05) is 33.2 Å². The van der Waals surface area contributed by atoms with Crippen LogP contribution in [0.3, 0.4) is 0 Å². The fourth-order valence-corrected chi connectivity index (χ4v) is 7.47. The number of likely N-dealkylation sites (N-methyl/N-ethyl adjacent to an activating group) is 1. The van der Waals surface area contributed by atoms with E-state index in [2.05, 4.69) is 42.7 Å². The van der Waals surface area contributed by atoms with Crippen molar-refractivity contribution in [2.24, 2.45) is 16.8 Å². The van der Waals surface area contributed by atoms with Crippen molar-refractivity contribution in [1.82, 2.24) is 34.0 Å². The predicted octanol–water partition coefficient (Wildman–Crippen LogP) is 0.0487. The molecule has 11 heteroatoms. The van der Waals surface area contributed by atoms with Crippen LogP contribution in [0.5, 0.6) is 0 Å². The monoisotopic (exact) mass is 446 g/mol.